The summed E-state index contributed by atoms with van der Waals surface area (Å²) in [5.41, 5.74) is 2.51. The Kier molecular flexibility index (Phi) is 6.95. The second-order valence-corrected chi connectivity index (χ2v) is 3.80. The van der Waals surface area contributed by atoms with Gasteiger partial charge in [0.2, 0.25) is 0 Å². The molecule has 0 fully saturated rings. The summed E-state index contributed by atoms with van der Waals surface area (Å²) in [4.78, 5) is 1.19. The van der Waals surface area contributed by atoms with Crippen molar-refractivity contribution in [3.8, 4) is 0 Å². The van der Waals surface area contributed by atoms with E-state index >= 15 is 0 Å². The lowest BCUT2D eigenvalue weighted by atomic mass is 10.1. The first kappa shape index (κ1) is 13.1. The molecule has 0 aromatic rings. The lowest BCUT2D eigenvalue weighted by Crippen LogP contribution is -1.78. The minimum atomic E-state index is 1.19. The summed E-state index contributed by atoms with van der Waals surface area (Å²) in [6.07, 6.45) is 11.8. The smallest absolute Gasteiger partial charge is 0.00659 e. The number of hydrogen-bond acceptors (Lipinski definition) is 1. The molecule has 0 N–H and O–H groups in total. The normalized spacial score (nSPS) is 14.1. The van der Waals surface area contributed by atoms with Crippen LogP contribution < -0.4 is 0 Å². The largest absolute Gasteiger partial charge is 0.130 e. The van der Waals surface area contributed by atoms with Crippen molar-refractivity contribution in [2.24, 2.45) is 0 Å². The summed E-state index contributed by atoms with van der Waals surface area (Å²) in [5, 5.41) is 0. The second-order valence-electron chi connectivity index (χ2n) is 2.92. The maximum atomic E-state index is 3.76. The minimum absolute atomic E-state index is 1.19. The molecule has 0 saturated heterocycles. The van der Waals surface area contributed by atoms with Crippen LogP contribution in [0.2, 0.25) is 0 Å². The van der Waals surface area contributed by atoms with Crippen LogP contribution in [0.25, 0.3) is 0 Å². The number of allylic oxidation sites excluding steroid dienone is 7. The number of thioether (sulfide) groups is 1. The van der Waals surface area contributed by atoms with Crippen LogP contribution in [0.4, 0.5) is 0 Å². The van der Waals surface area contributed by atoms with E-state index in [4.69, 9.17) is 0 Å². The van der Waals surface area contributed by atoms with Crippen LogP contribution in [0.3, 0.4) is 0 Å². The molecule has 0 aromatic heterocycles. The zero-order valence-corrected chi connectivity index (χ0v) is 10.0. The maximum Gasteiger partial charge on any atom is 0.00659 e. The van der Waals surface area contributed by atoms with Gasteiger partial charge in [0.25, 0.3) is 0 Å². The molecule has 0 nitrogen and oxygen atoms in total. The fourth-order valence-electron chi connectivity index (χ4n) is 0.872. The molecule has 0 amide bonds. The maximum absolute atomic E-state index is 3.76. The first-order valence-electron chi connectivity index (χ1n) is 4.50. The Bertz CT molecular complexity index is 290. The van der Waals surface area contributed by atoms with E-state index in [-0.39, 0.29) is 0 Å². The van der Waals surface area contributed by atoms with E-state index in [9.17, 15) is 0 Å². The number of rotatable bonds is 5. The quantitative estimate of drug-likeness (QED) is 0.597. The van der Waals surface area contributed by atoms with Crippen LogP contribution in [0.15, 0.2) is 59.6 Å². The Balaban J connectivity index is 4.81. The summed E-state index contributed by atoms with van der Waals surface area (Å²) in [6.45, 7) is 11.6. The third-order valence-corrected chi connectivity index (χ3v) is 2.66. The summed E-state index contributed by atoms with van der Waals surface area (Å²) in [7, 11) is 0. The Morgan fingerprint density at radius 1 is 1.14 bits per heavy atom. The average Bonchev–Trinajstić information content (AvgIpc) is 2.21. The average molecular weight is 206 g/mol. The molecule has 0 spiro atoms. The van der Waals surface area contributed by atoms with E-state index in [1.165, 1.54) is 16.1 Å². The molecule has 0 aromatic carbocycles. The molecule has 0 rings (SSSR count). The third kappa shape index (κ3) is 4.93. The summed E-state index contributed by atoms with van der Waals surface area (Å²) < 4.78 is 0. The highest BCUT2D eigenvalue weighted by atomic mass is 32.2. The van der Waals surface area contributed by atoms with Gasteiger partial charge >= 0.3 is 0 Å². The lowest BCUT2D eigenvalue weighted by Gasteiger charge is -2.00. The zero-order valence-electron chi connectivity index (χ0n) is 9.21. The fraction of sp³-hybridized carbons (Fsp3) is 0.231. The van der Waals surface area contributed by atoms with Crippen LogP contribution in [-0.2, 0) is 0 Å². The molecule has 0 atom stereocenters. The molecule has 0 aliphatic heterocycles. The van der Waals surface area contributed by atoms with Gasteiger partial charge in [-0.25, -0.2) is 0 Å². The van der Waals surface area contributed by atoms with Gasteiger partial charge < -0.3 is 0 Å². The van der Waals surface area contributed by atoms with Gasteiger partial charge in [0.15, 0.2) is 0 Å². The van der Waals surface area contributed by atoms with Crippen LogP contribution in [0.1, 0.15) is 13.8 Å². The van der Waals surface area contributed by atoms with Crippen molar-refractivity contribution in [1.82, 2.24) is 0 Å². The highest BCUT2D eigenvalue weighted by Crippen LogP contribution is 2.17. The molecule has 0 saturated carbocycles. The van der Waals surface area contributed by atoms with E-state index in [1.807, 2.05) is 12.2 Å². The summed E-state index contributed by atoms with van der Waals surface area (Å²) in [6, 6.07) is 0. The molecule has 0 aliphatic rings. The van der Waals surface area contributed by atoms with E-state index in [0.29, 0.717) is 0 Å². The Hall–Kier alpha value is -0.950. The monoisotopic (exact) mass is 206 g/mol. The molecule has 1 heteroatoms. The molecule has 0 unspecified atom stereocenters. The summed E-state index contributed by atoms with van der Waals surface area (Å²) >= 11 is 1.70. The van der Waals surface area contributed by atoms with Crippen LogP contribution in [-0.4, -0.2) is 6.26 Å². The Morgan fingerprint density at radius 2 is 1.79 bits per heavy atom. The predicted octanol–water partition coefficient (Wildman–Crippen LogP) is 4.50. The van der Waals surface area contributed by atoms with E-state index in [2.05, 4.69) is 45.4 Å². The van der Waals surface area contributed by atoms with Gasteiger partial charge in [-0.1, -0.05) is 37.5 Å². The fourth-order valence-corrected chi connectivity index (χ4v) is 1.33. The van der Waals surface area contributed by atoms with Crippen LogP contribution in [0.5, 0.6) is 0 Å². The molecule has 0 aliphatic carbocycles. The Morgan fingerprint density at radius 3 is 2.21 bits per heavy atom. The van der Waals surface area contributed by atoms with Crippen LogP contribution in [0, 0.1) is 0 Å². The van der Waals surface area contributed by atoms with Gasteiger partial charge in [0.05, 0.1) is 0 Å². The number of hydrogen-bond donors (Lipinski definition) is 0. The van der Waals surface area contributed by atoms with Crippen molar-refractivity contribution in [3.63, 3.8) is 0 Å². The molecule has 14 heavy (non-hydrogen) atoms. The van der Waals surface area contributed by atoms with Crippen molar-refractivity contribution in [2.75, 3.05) is 6.26 Å². The van der Waals surface area contributed by atoms with Crippen molar-refractivity contribution in [2.45, 2.75) is 13.8 Å². The van der Waals surface area contributed by atoms with Crippen molar-refractivity contribution >= 4 is 11.8 Å². The summed E-state index contributed by atoms with van der Waals surface area (Å²) in [5.74, 6) is 0. The van der Waals surface area contributed by atoms with Gasteiger partial charge in [-0.15, -0.1) is 11.8 Å². The van der Waals surface area contributed by atoms with E-state index in [0.717, 1.165) is 0 Å². The van der Waals surface area contributed by atoms with E-state index in [1.54, 1.807) is 17.8 Å². The molecule has 0 heterocycles. The van der Waals surface area contributed by atoms with Gasteiger partial charge in [-0.2, -0.15) is 0 Å². The van der Waals surface area contributed by atoms with Crippen molar-refractivity contribution in [1.29, 1.82) is 0 Å². The molecule has 0 bridgehead atoms. The standard InChI is InChI=1S/C13H18S/c1-6-8-9-11(3)12(4)10-13(7-2)14-5/h6-10H,1-2H2,3-5H3/b9-8-,12-11+,13-10+. The Labute approximate surface area is 91.8 Å². The first-order chi connectivity index (χ1) is 6.65. The molecular weight excluding hydrogens is 188 g/mol. The molecular formula is C13H18S. The highest BCUT2D eigenvalue weighted by molar-refractivity contribution is 8.02. The molecule has 0 radical (unpaired) electrons. The highest BCUT2D eigenvalue weighted by Gasteiger charge is 1.92. The van der Waals surface area contributed by atoms with Gasteiger partial charge in [0.1, 0.15) is 0 Å². The lowest BCUT2D eigenvalue weighted by molar-refractivity contribution is 1.37. The van der Waals surface area contributed by atoms with Crippen LogP contribution >= 0.6 is 11.8 Å². The van der Waals surface area contributed by atoms with Crippen molar-refractivity contribution in [3.05, 3.63) is 59.6 Å². The van der Waals surface area contributed by atoms with Gasteiger partial charge in [0, 0.05) is 4.91 Å². The second kappa shape index (κ2) is 7.45. The SMILES string of the molecule is C=C\C=C/C(C)=C(C)/C=C(\C=C)SC. The van der Waals surface area contributed by atoms with E-state index < -0.39 is 0 Å². The minimum Gasteiger partial charge on any atom is -0.130 e. The molecule has 76 valence electrons. The zero-order chi connectivity index (χ0) is 11.0. The van der Waals surface area contributed by atoms with Gasteiger partial charge in [-0.05, 0) is 37.3 Å². The topological polar surface area (TPSA) is 0 Å². The first-order valence-corrected chi connectivity index (χ1v) is 5.72. The predicted molar refractivity (Wildman–Crippen MR) is 69.5 cm³/mol. The third-order valence-electron chi connectivity index (χ3n) is 1.90. The van der Waals surface area contributed by atoms with Crippen molar-refractivity contribution < 1.29 is 0 Å². The van der Waals surface area contributed by atoms with Gasteiger partial charge in [-0.3, -0.25) is 0 Å².